The van der Waals surface area contributed by atoms with E-state index in [1.54, 1.807) is 6.92 Å². The van der Waals surface area contributed by atoms with Gasteiger partial charge in [0, 0.05) is 0 Å². The Balaban J connectivity index is 2.90. The van der Waals surface area contributed by atoms with Gasteiger partial charge < -0.3 is 9.84 Å². The molecule has 1 aliphatic carbocycles. The first-order valence-electron chi connectivity index (χ1n) is 4.83. The first-order valence-corrected chi connectivity index (χ1v) is 4.83. The molecule has 1 N–H and O–H groups in total. The van der Waals surface area contributed by atoms with Crippen LogP contribution in [0, 0.1) is 11.3 Å². The van der Waals surface area contributed by atoms with Gasteiger partial charge in [0.2, 0.25) is 0 Å². The molecule has 0 aliphatic heterocycles. The molecule has 4 heteroatoms. The van der Waals surface area contributed by atoms with Crippen LogP contribution >= 0.6 is 0 Å². The van der Waals surface area contributed by atoms with Gasteiger partial charge in [-0.05, 0) is 19.8 Å². The number of carbonyl (C=O) groups is 2. The molecule has 1 fully saturated rings. The van der Waals surface area contributed by atoms with E-state index in [4.69, 9.17) is 5.11 Å². The number of methoxy groups -OCH3 is 1. The summed E-state index contributed by atoms with van der Waals surface area (Å²) >= 11 is 0. The third kappa shape index (κ3) is 1.74. The van der Waals surface area contributed by atoms with Crippen molar-refractivity contribution in [2.45, 2.75) is 32.6 Å². The lowest BCUT2D eigenvalue weighted by molar-refractivity contribution is -0.166. The van der Waals surface area contributed by atoms with Crippen LogP contribution in [0.2, 0.25) is 0 Å². The molecule has 2 atom stereocenters. The standard InChI is InChI=1S/C10H16O4/c1-10(9(13)14-2)6-4-3-5-7(10)8(11)12/h7H,3-6H2,1-2H3,(H,11,12). The van der Waals surface area contributed by atoms with E-state index in [2.05, 4.69) is 4.74 Å². The van der Waals surface area contributed by atoms with Crippen molar-refractivity contribution >= 4 is 11.9 Å². The Bertz CT molecular complexity index is 249. The molecular weight excluding hydrogens is 184 g/mol. The summed E-state index contributed by atoms with van der Waals surface area (Å²) in [4.78, 5) is 22.5. The monoisotopic (exact) mass is 200 g/mol. The number of aliphatic carboxylic acids is 1. The maximum absolute atomic E-state index is 11.5. The lowest BCUT2D eigenvalue weighted by Crippen LogP contribution is -2.43. The van der Waals surface area contributed by atoms with E-state index in [-0.39, 0.29) is 0 Å². The first-order chi connectivity index (χ1) is 6.52. The molecule has 0 heterocycles. The molecule has 0 spiro atoms. The molecule has 0 amide bonds. The van der Waals surface area contributed by atoms with E-state index in [1.807, 2.05) is 0 Å². The quantitative estimate of drug-likeness (QED) is 0.685. The zero-order valence-electron chi connectivity index (χ0n) is 8.58. The third-order valence-corrected chi connectivity index (χ3v) is 3.16. The summed E-state index contributed by atoms with van der Waals surface area (Å²) in [5.41, 5.74) is -0.834. The number of hydrogen-bond acceptors (Lipinski definition) is 3. The molecule has 0 radical (unpaired) electrons. The topological polar surface area (TPSA) is 63.6 Å². The average molecular weight is 200 g/mol. The third-order valence-electron chi connectivity index (χ3n) is 3.16. The van der Waals surface area contributed by atoms with Crippen LogP contribution in [-0.4, -0.2) is 24.2 Å². The van der Waals surface area contributed by atoms with Crippen LogP contribution in [0.3, 0.4) is 0 Å². The zero-order valence-corrected chi connectivity index (χ0v) is 8.58. The molecule has 14 heavy (non-hydrogen) atoms. The summed E-state index contributed by atoms with van der Waals surface area (Å²) in [6.45, 7) is 1.69. The van der Waals surface area contributed by atoms with Crippen molar-refractivity contribution in [3.8, 4) is 0 Å². The fourth-order valence-corrected chi connectivity index (χ4v) is 2.21. The summed E-state index contributed by atoms with van der Waals surface area (Å²) < 4.78 is 4.67. The van der Waals surface area contributed by atoms with Crippen LogP contribution in [0.15, 0.2) is 0 Å². The second-order valence-corrected chi connectivity index (χ2v) is 4.05. The van der Waals surface area contributed by atoms with Gasteiger partial charge in [0.1, 0.15) is 0 Å². The Morgan fingerprint density at radius 3 is 2.57 bits per heavy atom. The molecule has 0 aromatic heterocycles. The maximum atomic E-state index is 11.5. The molecule has 1 rings (SSSR count). The molecular formula is C10H16O4. The minimum atomic E-state index is -0.891. The summed E-state index contributed by atoms with van der Waals surface area (Å²) in [6, 6.07) is 0. The van der Waals surface area contributed by atoms with Gasteiger partial charge in [-0.3, -0.25) is 9.59 Å². The average Bonchev–Trinajstić information content (AvgIpc) is 2.16. The van der Waals surface area contributed by atoms with Crippen molar-refractivity contribution in [1.29, 1.82) is 0 Å². The van der Waals surface area contributed by atoms with Crippen LogP contribution in [0.5, 0.6) is 0 Å². The lowest BCUT2D eigenvalue weighted by Gasteiger charge is -2.36. The fraction of sp³-hybridized carbons (Fsp3) is 0.800. The molecule has 1 saturated carbocycles. The number of carbonyl (C=O) groups excluding carboxylic acids is 1. The number of rotatable bonds is 2. The van der Waals surface area contributed by atoms with E-state index in [9.17, 15) is 9.59 Å². The summed E-state index contributed by atoms with van der Waals surface area (Å²) in [5.74, 6) is -1.88. The second-order valence-electron chi connectivity index (χ2n) is 4.05. The summed E-state index contributed by atoms with van der Waals surface area (Å²) in [6.07, 6.45) is 2.95. The zero-order chi connectivity index (χ0) is 10.8. The van der Waals surface area contributed by atoms with Crippen LogP contribution in [0.4, 0.5) is 0 Å². The van der Waals surface area contributed by atoms with Crippen molar-refractivity contribution in [3.05, 3.63) is 0 Å². The number of hydrogen-bond donors (Lipinski definition) is 1. The smallest absolute Gasteiger partial charge is 0.312 e. The van der Waals surface area contributed by atoms with E-state index in [0.29, 0.717) is 12.8 Å². The van der Waals surface area contributed by atoms with Crippen molar-refractivity contribution in [1.82, 2.24) is 0 Å². The van der Waals surface area contributed by atoms with E-state index in [1.165, 1.54) is 7.11 Å². The van der Waals surface area contributed by atoms with Crippen LogP contribution in [0.25, 0.3) is 0 Å². The first kappa shape index (κ1) is 11.0. The molecule has 2 unspecified atom stereocenters. The largest absolute Gasteiger partial charge is 0.481 e. The van der Waals surface area contributed by atoms with Gasteiger partial charge in [0.25, 0.3) is 0 Å². The number of carboxylic acid groups (broad SMARTS) is 1. The molecule has 1 aliphatic rings. The highest BCUT2D eigenvalue weighted by molar-refractivity contribution is 5.84. The predicted molar refractivity (Wildman–Crippen MR) is 49.7 cm³/mol. The van der Waals surface area contributed by atoms with Gasteiger partial charge in [-0.2, -0.15) is 0 Å². The molecule has 0 bridgehead atoms. The highest BCUT2D eigenvalue weighted by Gasteiger charge is 2.47. The molecule has 4 nitrogen and oxygen atoms in total. The number of esters is 1. The van der Waals surface area contributed by atoms with Gasteiger partial charge in [-0.15, -0.1) is 0 Å². The minimum Gasteiger partial charge on any atom is -0.481 e. The van der Waals surface area contributed by atoms with Gasteiger partial charge in [-0.1, -0.05) is 12.8 Å². The normalized spacial score (nSPS) is 32.3. The van der Waals surface area contributed by atoms with Crippen molar-refractivity contribution in [3.63, 3.8) is 0 Å². The summed E-state index contributed by atoms with van der Waals surface area (Å²) in [7, 11) is 1.31. The van der Waals surface area contributed by atoms with Crippen LogP contribution in [-0.2, 0) is 14.3 Å². The van der Waals surface area contributed by atoms with Crippen molar-refractivity contribution in [2.24, 2.45) is 11.3 Å². The highest BCUT2D eigenvalue weighted by atomic mass is 16.5. The fourth-order valence-electron chi connectivity index (χ4n) is 2.21. The Morgan fingerprint density at radius 1 is 1.43 bits per heavy atom. The summed E-state index contributed by atoms with van der Waals surface area (Å²) in [5, 5.41) is 9.01. The van der Waals surface area contributed by atoms with Crippen molar-refractivity contribution in [2.75, 3.05) is 7.11 Å². The highest BCUT2D eigenvalue weighted by Crippen LogP contribution is 2.42. The Hall–Kier alpha value is -1.06. The predicted octanol–water partition coefficient (Wildman–Crippen LogP) is 1.44. The Labute approximate surface area is 83.2 Å². The lowest BCUT2D eigenvalue weighted by atomic mass is 9.67. The van der Waals surface area contributed by atoms with E-state index >= 15 is 0 Å². The minimum absolute atomic E-state index is 0.399. The molecule has 0 saturated heterocycles. The molecule has 80 valence electrons. The van der Waals surface area contributed by atoms with Gasteiger partial charge in [-0.25, -0.2) is 0 Å². The van der Waals surface area contributed by atoms with E-state index < -0.39 is 23.3 Å². The molecule has 0 aromatic rings. The Kier molecular flexibility index (Phi) is 3.13. The van der Waals surface area contributed by atoms with Gasteiger partial charge in [0.05, 0.1) is 18.4 Å². The second kappa shape index (κ2) is 3.98. The molecule has 0 aromatic carbocycles. The van der Waals surface area contributed by atoms with Gasteiger partial charge >= 0.3 is 11.9 Å². The Morgan fingerprint density at radius 2 is 2.07 bits per heavy atom. The number of ether oxygens (including phenoxy) is 1. The van der Waals surface area contributed by atoms with Crippen LogP contribution in [0.1, 0.15) is 32.6 Å². The maximum Gasteiger partial charge on any atom is 0.312 e. The van der Waals surface area contributed by atoms with Gasteiger partial charge in [0.15, 0.2) is 0 Å². The SMILES string of the molecule is COC(=O)C1(C)CCCCC1C(=O)O. The number of carboxylic acids is 1. The van der Waals surface area contributed by atoms with Crippen molar-refractivity contribution < 1.29 is 19.4 Å². The van der Waals surface area contributed by atoms with E-state index in [0.717, 1.165) is 12.8 Å². The van der Waals surface area contributed by atoms with Crippen LogP contribution < -0.4 is 0 Å².